The van der Waals surface area contributed by atoms with Gasteiger partial charge in [-0.3, -0.25) is 19.8 Å². The first-order valence-corrected chi connectivity index (χ1v) is 14.2. The Kier molecular flexibility index (Phi) is 5.96. The van der Waals surface area contributed by atoms with Crippen molar-refractivity contribution in [2.24, 2.45) is 5.92 Å². The number of carbonyl (C=O) groups is 1. The van der Waals surface area contributed by atoms with Crippen LogP contribution in [0.1, 0.15) is 35.3 Å². The predicted molar refractivity (Wildman–Crippen MR) is 145 cm³/mol. The molecule has 0 unspecified atom stereocenters. The second-order valence-corrected chi connectivity index (χ2v) is 12.3. The summed E-state index contributed by atoms with van der Waals surface area (Å²) in [5.74, 6) is 0.296. The number of benzene rings is 1. The molecule has 8 nitrogen and oxygen atoms in total. The third kappa shape index (κ3) is 3.59. The van der Waals surface area contributed by atoms with Crippen molar-refractivity contribution in [1.82, 2.24) is 9.80 Å². The van der Waals surface area contributed by atoms with E-state index in [4.69, 9.17) is 4.74 Å². The fourth-order valence-corrected chi connectivity index (χ4v) is 8.80. The van der Waals surface area contributed by atoms with E-state index in [1.54, 1.807) is 29.4 Å². The molecule has 2 aromatic rings. The number of piperidine rings is 1. The average Bonchev–Trinajstić information content (AvgIpc) is 3.45. The molecule has 1 N–H and O–H groups in total. The molecule has 2 bridgehead atoms. The monoisotopic (exact) mass is 585 g/mol. The summed E-state index contributed by atoms with van der Waals surface area (Å²) in [5.41, 5.74) is 0.968. The lowest BCUT2D eigenvalue weighted by atomic mass is 9.50. The lowest BCUT2D eigenvalue weighted by molar-refractivity contribution is -0.385. The number of nitro benzene ring substituents is 1. The number of rotatable bonds is 6. The van der Waals surface area contributed by atoms with Crippen LogP contribution in [0.4, 0.5) is 5.69 Å². The summed E-state index contributed by atoms with van der Waals surface area (Å²) in [6.45, 7) is 5.46. The minimum Gasteiger partial charge on any atom is -0.504 e. The van der Waals surface area contributed by atoms with Crippen LogP contribution < -0.4 is 4.74 Å². The number of hydrogen-bond acceptors (Lipinski definition) is 7. The van der Waals surface area contributed by atoms with Crippen molar-refractivity contribution < 1.29 is 19.6 Å². The molecule has 1 aromatic heterocycles. The quantitative estimate of drug-likeness (QED) is 0.224. The van der Waals surface area contributed by atoms with Gasteiger partial charge in [0.2, 0.25) is 5.91 Å². The van der Waals surface area contributed by atoms with Crippen molar-refractivity contribution >= 4 is 44.9 Å². The summed E-state index contributed by atoms with van der Waals surface area (Å²) in [6.07, 6.45) is 7.88. The fourth-order valence-electron chi connectivity index (χ4n) is 7.47. The van der Waals surface area contributed by atoms with Gasteiger partial charge < -0.3 is 14.7 Å². The van der Waals surface area contributed by atoms with E-state index in [1.165, 1.54) is 6.07 Å². The highest BCUT2D eigenvalue weighted by Crippen LogP contribution is 2.65. The highest BCUT2D eigenvalue weighted by Gasteiger charge is 2.67. The lowest BCUT2D eigenvalue weighted by Gasteiger charge is -2.60. The number of phenolic OH excluding ortho intramolecular Hbond substituents is 1. The van der Waals surface area contributed by atoms with Gasteiger partial charge in [-0.15, -0.1) is 17.9 Å². The Hall–Kier alpha value is -2.69. The Labute approximate surface area is 227 Å². The van der Waals surface area contributed by atoms with Crippen LogP contribution in [-0.2, 0) is 16.6 Å². The molecular weight excluding hydrogens is 558 g/mol. The van der Waals surface area contributed by atoms with Crippen molar-refractivity contribution in [3.63, 3.8) is 0 Å². The largest absolute Gasteiger partial charge is 0.504 e. The predicted octanol–water partition coefficient (Wildman–Crippen LogP) is 4.89. The number of aromatic hydroxyl groups is 1. The molecule has 6 rings (SSSR count). The molecule has 1 saturated heterocycles. The van der Waals surface area contributed by atoms with Gasteiger partial charge in [0.1, 0.15) is 6.10 Å². The van der Waals surface area contributed by atoms with Gasteiger partial charge in [-0.2, -0.15) is 0 Å². The first-order chi connectivity index (χ1) is 17.8. The summed E-state index contributed by atoms with van der Waals surface area (Å²) in [5, 5.41) is 24.9. The maximum absolute atomic E-state index is 13.3. The molecule has 1 spiro atoms. The van der Waals surface area contributed by atoms with Crippen LogP contribution in [0.2, 0.25) is 0 Å². The molecule has 0 radical (unpaired) electrons. The topological polar surface area (TPSA) is 96.2 Å². The van der Waals surface area contributed by atoms with E-state index < -0.39 is 10.3 Å². The molecule has 2 fully saturated rings. The number of phenols is 1. The SMILES string of the molecule is C=CCN1CC[C@]23c4c5c([N+](=O)[O-])cc(O)c4O[C@H]2[C@H](N(C)C(=O)/C=C/c2cc(Br)cs2)CC[C@H]3[C@H]1C5. The number of halogens is 1. The summed E-state index contributed by atoms with van der Waals surface area (Å²) >= 11 is 5.00. The Morgan fingerprint density at radius 1 is 1.46 bits per heavy atom. The zero-order chi connectivity index (χ0) is 26.1. The summed E-state index contributed by atoms with van der Waals surface area (Å²) < 4.78 is 7.53. The van der Waals surface area contributed by atoms with E-state index in [1.807, 2.05) is 23.6 Å². The maximum Gasteiger partial charge on any atom is 0.276 e. The van der Waals surface area contributed by atoms with Gasteiger partial charge in [-0.25, -0.2) is 0 Å². The van der Waals surface area contributed by atoms with E-state index in [0.717, 1.165) is 47.3 Å². The van der Waals surface area contributed by atoms with Crippen molar-refractivity contribution in [3.8, 4) is 11.5 Å². The molecule has 3 heterocycles. The first kappa shape index (κ1) is 24.6. The van der Waals surface area contributed by atoms with E-state index >= 15 is 0 Å². The molecule has 2 aliphatic carbocycles. The van der Waals surface area contributed by atoms with Crippen molar-refractivity contribution in [2.45, 2.75) is 49.3 Å². The molecule has 10 heteroatoms. The van der Waals surface area contributed by atoms with Crippen molar-refractivity contribution in [3.05, 3.63) is 66.8 Å². The molecule has 1 amide bonds. The van der Waals surface area contributed by atoms with E-state index in [-0.39, 0.29) is 41.4 Å². The number of thiophene rings is 1. The molecule has 5 atom stereocenters. The minimum absolute atomic E-state index is 0.0413. The number of carbonyl (C=O) groups excluding carboxylic acids is 1. The molecule has 1 aromatic carbocycles. The molecule has 37 heavy (non-hydrogen) atoms. The van der Waals surface area contributed by atoms with Gasteiger partial charge in [0.25, 0.3) is 5.69 Å². The fraction of sp³-hybridized carbons (Fsp3) is 0.444. The zero-order valence-corrected chi connectivity index (χ0v) is 22.8. The summed E-state index contributed by atoms with van der Waals surface area (Å²) in [4.78, 5) is 30.1. The Bertz CT molecular complexity index is 1340. The normalized spacial score (nSPS) is 29.6. The maximum atomic E-state index is 13.3. The third-order valence-electron chi connectivity index (χ3n) is 8.89. The van der Waals surface area contributed by atoms with Crippen LogP contribution >= 0.6 is 27.3 Å². The van der Waals surface area contributed by atoms with Crippen LogP contribution in [-0.4, -0.2) is 64.1 Å². The van der Waals surface area contributed by atoms with E-state index in [2.05, 4.69) is 27.4 Å². The molecule has 2 aliphatic heterocycles. The van der Waals surface area contributed by atoms with Gasteiger partial charge in [-0.1, -0.05) is 6.08 Å². The number of amides is 1. The number of likely N-dealkylation sites (tertiary alicyclic amines) is 1. The molecule has 194 valence electrons. The molecular formula is C27H28BrN3O5S. The van der Waals surface area contributed by atoms with Crippen LogP contribution in [0.3, 0.4) is 0 Å². The number of nitrogens with zero attached hydrogens (tertiary/aromatic N) is 3. The Morgan fingerprint density at radius 3 is 2.97 bits per heavy atom. The van der Waals surface area contributed by atoms with Crippen molar-refractivity contribution in [2.75, 3.05) is 20.1 Å². The van der Waals surface area contributed by atoms with Gasteiger partial charge in [0.05, 0.1) is 17.0 Å². The molecule has 4 aliphatic rings. The van der Waals surface area contributed by atoms with Crippen molar-refractivity contribution in [1.29, 1.82) is 0 Å². The average molecular weight is 587 g/mol. The van der Waals surface area contributed by atoms with Crippen LogP contribution in [0, 0.1) is 16.0 Å². The summed E-state index contributed by atoms with van der Waals surface area (Å²) in [7, 11) is 1.81. The van der Waals surface area contributed by atoms with E-state index in [9.17, 15) is 20.0 Å². The van der Waals surface area contributed by atoms with E-state index in [0.29, 0.717) is 17.7 Å². The lowest BCUT2D eigenvalue weighted by Crippen LogP contribution is -2.68. The standard InChI is InChI=1S/C27H28BrN3O5S/c1-3-9-30-10-8-27-18-5-6-19(29(2)23(33)7-4-16-11-15(28)14-37-16)26(27)36-25-22(32)13-20(31(34)35)17(24(25)27)12-21(18)30/h3-4,7,11,13-14,18-19,21,26,32H,1,5-6,8-10,12H2,2H3/b7-4+/t18-,19+,21+,26-,27-/m0/s1. The Balaban J connectivity index is 1.41. The van der Waals surface area contributed by atoms with Gasteiger partial charge >= 0.3 is 0 Å². The second kappa shape index (κ2) is 8.96. The van der Waals surface area contributed by atoms with Gasteiger partial charge in [0, 0.05) is 57.0 Å². The number of likely N-dealkylation sites (N-methyl/N-ethyl adjacent to an activating group) is 1. The van der Waals surface area contributed by atoms with Crippen LogP contribution in [0.5, 0.6) is 11.5 Å². The Morgan fingerprint density at radius 2 is 2.27 bits per heavy atom. The second-order valence-electron chi connectivity index (χ2n) is 10.4. The number of hydrogen-bond donors (Lipinski definition) is 1. The van der Waals surface area contributed by atoms with Crippen LogP contribution in [0.15, 0.2) is 40.7 Å². The minimum atomic E-state index is -0.478. The highest BCUT2D eigenvalue weighted by atomic mass is 79.9. The number of nitro groups is 1. The van der Waals surface area contributed by atoms with Gasteiger partial charge in [0.15, 0.2) is 11.5 Å². The smallest absolute Gasteiger partial charge is 0.276 e. The third-order valence-corrected chi connectivity index (χ3v) is 10.5. The van der Waals surface area contributed by atoms with Gasteiger partial charge in [-0.05, 0) is 66.2 Å². The first-order valence-electron chi connectivity index (χ1n) is 12.5. The number of ether oxygens (including phenoxy) is 1. The summed E-state index contributed by atoms with van der Waals surface area (Å²) in [6, 6.07) is 3.11. The zero-order valence-electron chi connectivity index (χ0n) is 20.4. The molecule has 1 saturated carbocycles. The van der Waals surface area contributed by atoms with Crippen LogP contribution in [0.25, 0.3) is 6.08 Å². The highest BCUT2D eigenvalue weighted by molar-refractivity contribution is 9.10.